The van der Waals surface area contributed by atoms with Crippen molar-refractivity contribution in [2.75, 3.05) is 7.11 Å². The molecule has 0 radical (unpaired) electrons. The van der Waals surface area contributed by atoms with Crippen LogP contribution in [0.1, 0.15) is 84.1 Å². The lowest BCUT2D eigenvalue weighted by Crippen LogP contribution is -2.37. The van der Waals surface area contributed by atoms with E-state index in [2.05, 4.69) is 0 Å². The molecule has 3 aromatic rings. The molecule has 0 bridgehead atoms. The average Bonchev–Trinajstić information content (AvgIpc) is 3.32. The van der Waals surface area contributed by atoms with E-state index in [0.717, 1.165) is 5.57 Å². The van der Waals surface area contributed by atoms with Crippen molar-refractivity contribution in [3.63, 3.8) is 0 Å². The monoisotopic (exact) mass is 606 g/mol. The molecule has 0 aliphatic carbocycles. The first kappa shape index (κ1) is 31.1. The highest BCUT2D eigenvalue weighted by Crippen LogP contribution is 2.57. The number of hydrogen-bond acceptors (Lipinski definition) is 8. The van der Waals surface area contributed by atoms with Gasteiger partial charge in [0, 0.05) is 39.7 Å². The third-order valence-corrected chi connectivity index (χ3v) is 9.10. The number of hydrogen-bond donors (Lipinski definition) is 3. The maximum absolute atomic E-state index is 14.4. The number of phenolic OH excluding ortho intramolecular Hbond substituents is 1. The first-order valence-electron chi connectivity index (χ1n) is 14.4. The second-order valence-corrected chi connectivity index (χ2v) is 13.0. The molecule has 0 amide bonds. The molecule has 2 aliphatic heterocycles. The number of benzene rings is 2. The molecule has 44 heavy (non-hydrogen) atoms. The summed E-state index contributed by atoms with van der Waals surface area (Å²) < 4.78 is 24.9. The van der Waals surface area contributed by atoms with E-state index in [4.69, 9.17) is 18.6 Å². The van der Waals surface area contributed by atoms with Crippen LogP contribution in [-0.2, 0) is 37.4 Å². The van der Waals surface area contributed by atoms with Gasteiger partial charge in [-0.2, -0.15) is 0 Å². The summed E-state index contributed by atoms with van der Waals surface area (Å²) in [7, 11) is 1.35. The molecule has 0 spiro atoms. The van der Waals surface area contributed by atoms with E-state index in [-0.39, 0.29) is 57.1 Å². The van der Waals surface area contributed by atoms with Crippen LogP contribution in [0.5, 0.6) is 17.2 Å². The molecule has 0 fully saturated rings. The van der Waals surface area contributed by atoms with Crippen LogP contribution in [-0.4, -0.2) is 40.5 Å². The number of rotatable bonds is 7. The summed E-state index contributed by atoms with van der Waals surface area (Å²) in [5.74, 6) is -2.26. The zero-order valence-corrected chi connectivity index (χ0v) is 26.4. The number of carboxylic acid groups (broad SMARTS) is 2. The quantitative estimate of drug-likeness (QED) is 0.161. The predicted octanol–water partition coefficient (Wildman–Crippen LogP) is 6.19. The van der Waals surface area contributed by atoms with Gasteiger partial charge < -0.3 is 33.9 Å². The number of phenols is 1. The lowest BCUT2D eigenvalue weighted by Gasteiger charge is -2.28. The van der Waals surface area contributed by atoms with E-state index in [1.165, 1.54) is 26.2 Å². The molecule has 2 atom stereocenters. The van der Waals surface area contributed by atoms with Crippen LogP contribution in [0, 0.1) is 0 Å². The van der Waals surface area contributed by atoms with E-state index in [1.54, 1.807) is 13.8 Å². The van der Waals surface area contributed by atoms with E-state index in [9.17, 15) is 29.7 Å². The fraction of sp³-hybridized carbons (Fsp3) is 0.441. The summed E-state index contributed by atoms with van der Waals surface area (Å²) >= 11 is 0. The number of fused-ring (bicyclic) bond motifs is 6. The number of ether oxygens (including phenoxy) is 3. The summed E-state index contributed by atoms with van der Waals surface area (Å²) in [6, 6.07) is 1.41. The summed E-state index contributed by atoms with van der Waals surface area (Å²) in [4.78, 5) is 38.9. The molecule has 5 rings (SSSR count). The van der Waals surface area contributed by atoms with Crippen molar-refractivity contribution in [2.24, 2.45) is 0 Å². The Kier molecular flexibility index (Phi) is 7.16. The Morgan fingerprint density at radius 3 is 2.25 bits per heavy atom. The summed E-state index contributed by atoms with van der Waals surface area (Å²) in [6.45, 7) is 14.5. The molecular weight excluding hydrogens is 568 g/mol. The highest BCUT2D eigenvalue weighted by Gasteiger charge is 2.57. The fourth-order valence-corrected chi connectivity index (χ4v) is 6.39. The average molecular weight is 607 g/mol. The van der Waals surface area contributed by atoms with Crippen LogP contribution in [0.2, 0.25) is 0 Å². The van der Waals surface area contributed by atoms with E-state index < -0.39 is 34.0 Å². The van der Waals surface area contributed by atoms with Gasteiger partial charge in [0.15, 0.2) is 5.60 Å². The Bertz CT molecular complexity index is 1880. The van der Waals surface area contributed by atoms with Crippen molar-refractivity contribution in [3.8, 4) is 17.2 Å². The maximum Gasteiger partial charge on any atom is 0.341 e. The minimum atomic E-state index is -2.04. The van der Waals surface area contributed by atoms with Crippen molar-refractivity contribution in [2.45, 2.75) is 91.0 Å². The second-order valence-electron chi connectivity index (χ2n) is 13.0. The van der Waals surface area contributed by atoms with Crippen molar-refractivity contribution in [3.05, 3.63) is 61.8 Å². The summed E-state index contributed by atoms with van der Waals surface area (Å²) in [5.41, 5.74) is -1.70. The molecule has 0 saturated heterocycles. The molecule has 2 aliphatic rings. The molecule has 2 aromatic carbocycles. The summed E-state index contributed by atoms with van der Waals surface area (Å²) in [5, 5.41) is 31.7. The zero-order valence-electron chi connectivity index (χ0n) is 26.4. The van der Waals surface area contributed by atoms with Gasteiger partial charge in [0.25, 0.3) is 0 Å². The molecule has 234 valence electrons. The molecule has 3 heterocycles. The number of carbonyl (C=O) groups is 2. The molecule has 10 heteroatoms. The van der Waals surface area contributed by atoms with Crippen LogP contribution >= 0.6 is 0 Å². The Labute approximate surface area is 254 Å². The standard InChI is InChI=1S/C34H38O10/c1-15(2)10-11-18-25(35)21-26(36)19-14-20(41-9)22-23(28(19)43-29(21)24-27(18)42-17(4)32(24,5)6)33(7,8)44-34(22,31(39)40)13-12-16(3)30(37)38/h10,12,14,17,35H,11,13H2,1-9H3,(H,37,38)(H,39,40)/t17-,34-/m0/s1. The van der Waals surface area contributed by atoms with Gasteiger partial charge in [0.05, 0.1) is 18.1 Å². The minimum absolute atomic E-state index is 0.00224. The molecule has 3 N–H and O–H groups in total. The van der Waals surface area contributed by atoms with Crippen LogP contribution in [0.3, 0.4) is 0 Å². The molecule has 0 unspecified atom stereocenters. The predicted molar refractivity (Wildman–Crippen MR) is 164 cm³/mol. The van der Waals surface area contributed by atoms with Gasteiger partial charge in [-0.3, -0.25) is 4.79 Å². The highest BCUT2D eigenvalue weighted by atomic mass is 16.6. The van der Waals surface area contributed by atoms with Gasteiger partial charge >= 0.3 is 11.9 Å². The number of aliphatic carboxylic acids is 2. The Morgan fingerprint density at radius 2 is 1.68 bits per heavy atom. The van der Waals surface area contributed by atoms with Crippen molar-refractivity contribution in [1.82, 2.24) is 0 Å². The van der Waals surface area contributed by atoms with E-state index >= 15 is 0 Å². The van der Waals surface area contributed by atoms with Gasteiger partial charge in [0.2, 0.25) is 5.43 Å². The molecule has 1 aromatic heterocycles. The number of allylic oxidation sites excluding steroid dienone is 2. The number of carboxylic acids is 2. The SMILES string of the molecule is COc1cc2c(=O)c3c(O)c(CC=C(C)C)c4c(c3oc2c2c1[C@@](CC=C(C)C(=O)O)(C(=O)O)OC2(C)C)C(C)(C)[C@H](C)O4. The van der Waals surface area contributed by atoms with Crippen LogP contribution < -0.4 is 14.9 Å². The lowest BCUT2D eigenvalue weighted by atomic mass is 9.79. The van der Waals surface area contributed by atoms with Crippen molar-refractivity contribution >= 4 is 33.9 Å². The van der Waals surface area contributed by atoms with Gasteiger partial charge in [0.1, 0.15) is 39.9 Å². The van der Waals surface area contributed by atoms with Crippen LogP contribution in [0.15, 0.2) is 38.6 Å². The van der Waals surface area contributed by atoms with Crippen molar-refractivity contribution in [1.29, 1.82) is 0 Å². The van der Waals surface area contributed by atoms with Crippen molar-refractivity contribution < 1.29 is 43.5 Å². The summed E-state index contributed by atoms with van der Waals surface area (Å²) in [6.07, 6.45) is 2.95. The first-order chi connectivity index (χ1) is 20.4. The number of methoxy groups -OCH3 is 1. The third-order valence-electron chi connectivity index (χ3n) is 9.10. The highest BCUT2D eigenvalue weighted by molar-refractivity contribution is 6.01. The molecular formula is C34H38O10. The molecule has 10 nitrogen and oxygen atoms in total. The normalized spacial score (nSPS) is 21.6. The van der Waals surface area contributed by atoms with E-state index in [0.29, 0.717) is 28.9 Å². The van der Waals surface area contributed by atoms with Gasteiger partial charge in [-0.25, -0.2) is 9.59 Å². The van der Waals surface area contributed by atoms with Gasteiger partial charge in [-0.1, -0.05) is 31.6 Å². The van der Waals surface area contributed by atoms with Crippen LogP contribution in [0.25, 0.3) is 21.9 Å². The Balaban J connectivity index is 1.97. The minimum Gasteiger partial charge on any atom is -0.507 e. The largest absolute Gasteiger partial charge is 0.507 e. The fourth-order valence-electron chi connectivity index (χ4n) is 6.39. The smallest absolute Gasteiger partial charge is 0.341 e. The Morgan fingerprint density at radius 1 is 1.02 bits per heavy atom. The zero-order chi connectivity index (χ0) is 32.7. The molecule has 0 saturated carbocycles. The topological polar surface area (TPSA) is 153 Å². The Hall–Kier alpha value is -4.31. The third kappa shape index (κ3) is 4.29. The maximum atomic E-state index is 14.4. The number of aromatic hydroxyl groups is 1. The first-order valence-corrected chi connectivity index (χ1v) is 14.4. The van der Waals surface area contributed by atoms with Gasteiger partial charge in [-0.15, -0.1) is 0 Å². The van der Waals surface area contributed by atoms with Crippen LogP contribution in [0.4, 0.5) is 0 Å². The second kappa shape index (κ2) is 10.1. The van der Waals surface area contributed by atoms with E-state index in [1.807, 2.05) is 40.7 Å². The lowest BCUT2D eigenvalue weighted by molar-refractivity contribution is -0.182. The van der Waals surface area contributed by atoms with Gasteiger partial charge in [-0.05, 0) is 54.0 Å².